The number of ketones is 1. The van der Waals surface area contributed by atoms with Gasteiger partial charge in [-0.1, -0.05) is 41.9 Å². The molecule has 0 saturated carbocycles. The molecule has 0 aliphatic rings. The summed E-state index contributed by atoms with van der Waals surface area (Å²) < 4.78 is 1.47. The van der Waals surface area contributed by atoms with E-state index >= 15 is 0 Å². The molecule has 0 amide bonds. The molecule has 1 aromatic heterocycles. The van der Waals surface area contributed by atoms with Gasteiger partial charge in [-0.05, 0) is 19.1 Å². The highest BCUT2D eigenvalue weighted by Crippen LogP contribution is 2.24. The van der Waals surface area contributed by atoms with Crippen molar-refractivity contribution in [1.82, 2.24) is 9.55 Å². The first-order chi connectivity index (χ1) is 10.5. The van der Waals surface area contributed by atoms with E-state index in [1.54, 1.807) is 19.2 Å². The lowest BCUT2D eigenvalue weighted by atomic mass is 10.1. The lowest BCUT2D eigenvalue weighted by molar-refractivity contribution is 0.101. The number of halogens is 1. The zero-order valence-electron chi connectivity index (χ0n) is 12.1. The first kappa shape index (κ1) is 14.5. The predicted octanol–water partition coefficient (Wildman–Crippen LogP) is 3.46. The Morgan fingerprint density at radius 3 is 2.50 bits per heavy atom. The molecule has 0 bridgehead atoms. The van der Waals surface area contributed by atoms with Crippen LogP contribution in [0.1, 0.15) is 17.3 Å². The van der Waals surface area contributed by atoms with E-state index < -0.39 is 0 Å². The number of rotatable bonds is 2. The molecule has 0 spiro atoms. The molecule has 5 heteroatoms. The van der Waals surface area contributed by atoms with Crippen LogP contribution in [0.15, 0.2) is 47.3 Å². The number of fused-ring (bicyclic) bond motifs is 1. The summed E-state index contributed by atoms with van der Waals surface area (Å²) >= 11 is 6.02. The van der Waals surface area contributed by atoms with E-state index in [9.17, 15) is 9.59 Å². The van der Waals surface area contributed by atoms with Crippen molar-refractivity contribution in [2.45, 2.75) is 6.92 Å². The van der Waals surface area contributed by atoms with Gasteiger partial charge in [0.1, 0.15) is 5.82 Å². The smallest absolute Gasteiger partial charge is 0.261 e. The number of benzene rings is 2. The zero-order chi connectivity index (χ0) is 15.9. The molecule has 0 unspecified atom stereocenters. The van der Waals surface area contributed by atoms with Crippen molar-refractivity contribution < 1.29 is 4.79 Å². The normalized spacial score (nSPS) is 10.9. The Hall–Kier alpha value is -2.46. The molecule has 22 heavy (non-hydrogen) atoms. The van der Waals surface area contributed by atoms with E-state index in [2.05, 4.69) is 4.98 Å². The minimum absolute atomic E-state index is 0.174. The quantitative estimate of drug-likeness (QED) is 0.681. The van der Waals surface area contributed by atoms with E-state index in [-0.39, 0.29) is 11.3 Å². The van der Waals surface area contributed by atoms with Gasteiger partial charge in [-0.15, -0.1) is 0 Å². The van der Waals surface area contributed by atoms with E-state index in [0.717, 1.165) is 5.56 Å². The molecule has 0 saturated heterocycles. The van der Waals surface area contributed by atoms with Gasteiger partial charge in [-0.2, -0.15) is 0 Å². The minimum Gasteiger partial charge on any atom is -0.295 e. The van der Waals surface area contributed by atoms with Crippen molar-refractivity contribution in [3.8, 4) is 11.4 Å². The van der Waals surface area contributed by atoms with Crippen LogP contribution in [0.3, 0.4) is 0 Å². The fourth-order valence-electron chi connectivity index (χ4n) is 2.45. The molecular weight excluding hydrogens is 300 g/mol. The molecule has 3 aromatic rings. The van der Waals surface area contributed by atoms with Crippen molar-refractivity contribution in [2.75, 3.05) is 0 Å². The van der Waals surface area contributed by atoms with E-state index in [0.29, 0.717) is 27.3 Å². The van der Waals surface area contributed by atoms with Crippen LogP contribution in [-0.4, -0.2) is 15.3 Å². The lowest BCUT2D eigenvalue weighted by Gasteiger charge is -2.11. The summed E-state index contributed by atoms with van der Waals surface area (Å²) in [6, 6.07) is 12.5. The standard InChI is InChI=1S/C17H13ClN2O2/c1-10(21)13-8-12(18)9-14-15(13)19-16(20(2)17(14)22)11-6-4-3-5-7-11/h3-9H,1-2H3. The van der Waals surface area contributed by atoms with Crippen LogP contribution < -0.4 is 5.56 Å². The highest BCUT2D eigenvalue weighted by atomic mass is 35.5. The second-order valence-electron chi connectivity index (χ2n) is 5.07. The maximum Gasteiger partial charge on any atom is 0.261 e. The monoisotopic (exact) mass is 312 g/mol. The number of aromatic nitrogens is 2. The molecule has 1 heterocycles. The summed E-state index contributed by atoms with van der Waals surface area (Å²) in [5.41, 5.74) is 1.33. The molecule has 110 valence electrons. The van der Waals surface area contributed by atoms with Crippen molar-refractivity contribution in [3.05, 3.63) is 63.4 Å². The Bertz CT molecular complexity index is 946. The van der Waals surface area contributed by atoms with Crippen LogP contribution in [0.4, 0.5) is 0 Å². The third kappa shape index (κ3) is 2.31. The zero-order valence-corrected chi connectivity index (χ0v) is 12.9. The van der Waals surface area contributed by atoms with Crippen LogP contribution in [0, 0.1) is 0 Å². The SMILES string of the molecule is CC(=O)c1cc(Cl)cc2c(=O)n(C)c(-c3ccccc3)nc12. The largest absolute Gasteiger partial charge is 0.295 e. The van der Waals surface area contributed by atoms with E-state index in [1.165, 1.54) is 11.5 Å². The maximum atomic E-state index is 12.6. The van der Waals surface area contributed by atoms with Crippen LogP contribution in [0.5, 0.6) is 0 Å². The van der Waals surface area contributed by atoms with Crippen LogP contribution >= 0.6 is 11.6 Å². The summed E-state index contributed by atoms with van der Waals surface area (Å²) in [7, 11) is 1.66. The Balaban J connectivity index is 2.46. The van der Waals surface area contributed by atoms with Crippen LogP contribution in [0.25, 0.3) is 22.3 Å². The molecular formula is C17H13ClN2O2. The third-order valence-electron chi connectivity index (χ3n) is 3.56. The molecule has 0 atom stereocenters. The van der Waals surface area contributed by atoms with Gasteiger partial charge in [0.2, 0.25) is 0 Å². The summed E-state index contributed by atoms with van der Waals surface area (Å²) in [4.78, 5) is 29.0. The summed E-state index contributed by atoms with van der Waals surface area (Å²) in [6.07, 6.45) is 0. The number of nitrogens with zero attached hydrogens (tertiary/aromatic N) is 2. The van der Waals surface area contributed by atoms with Gasteiger partial charge in [-0.25, -0.2) is 4.98 Å². The molecule has 0 fully saturated rings. The summed E-state index contributed by atoms with van der Waals surface area (Å²) in [5.74, 6) is 0.343. The minimum atomic E-state index is -0.228. The van der Waals surface area contributed by atoms with Gasteiger partial charge < -0.3 is 0 Å². The molecule has 0 radical (unpaired) electrons. The van der Waals surface area contributed by atoms with Gasteiger partial charge in [0.25, 0.3) is 5.56 Å². The molecule has 4 nitrogen and oxygen atoms in total. The topological polar surface area (TPSA) is 52.0 Å². The highest BCUT2D eigenvalue weighted by Gasteiger charge is 2.15. The number of carbonyl (C=O) groups is 1. The molecule has 0 N–H and O–H groups in total. The van der Waals surface area contributed by atoms with Gasteiger partial charge in [0.05, 0.1) is 10.9 Å². The van der Waals surface area contributed by atoms with Gasteiger partial charge in [-0.3, -0.25) is 14.2 Å². The molecule has 0 aliphatic carbocycles. The highest BCUT2D eigenvalue weighted by molar-refractivity contribution is 6.32. The number of hydrogen-bond acceptors (Lipinski definition) is 3. The average Bonchev–Trinajstić information content (AvgIpc) is 2.51. The third-order valence-corrected chi connectivity index (χ3v) is 3.77. The number of Topliss-reactive ketones (excluding diaryl/α,β-unsaturated/α-hetero) is 1. The average molecular weight is 313 g/mol. The Morgan fingerprint density at radius 2 is 1.86 bits per heavy atom. The fraction of sp³-hybridized carbons (Fsp3) is 0.118. The molecule has 3 rings (SSSR count). The van der Waals surface area contributed by atoms with Crippen LogP contribution in [-0.2, 0) is 7.05 Å². The van der Waals surface area contributed by atoms with Crippen LogP contribution in [0.2, 0.25) is 5.02 Å². The summed E-state index contributed by atoms with van der Waals surface area (Å²) in [6.45, 7) is 1.44. The van der Waals surface area contributed by atoms with Crippen molar-refractivity contribution in [1.29, 1.82) is 0 Å². The van der Waals surface area contributed by atoms with E-state index in [4.69, 9.17) is 11.6 Å². The number of hydrogen-bond donors (Lipinski definition) is 0. The lowest BCUT2D eigenvalue weighted by Crippen LogP contribution is -2.21. The van der Waals surface area contributed by atoms with Gasteiger partial charge in [0, 0.05) is 23.2 Å². The molecule has 0 aliphatic heterocycles. The Labute approximate surface area is 132 Å². The predicted molar refractivity (Wildman–Crippen MR) is 87.4 cm³/mol. The van der Waals surface area contributed by atoms with Crippen molar-refractivity contribution >= 4 is 28.3 Å². The van der Waals surface area contributed by atoms with Gasteiger partial charge in [0.15, 0.2) is 5.78 Å². The number of carbonyl (C=O) groups excluding carboxylic acids is 1. The van der Waals surface area contributed by atoms with Gasteiger partial charge >= 0.3 is 0 Å². The maximum absolute atomic E-state index is 12.6. The van der Waals surface area contributed by atoms with E-state index in [1.807, 2.05) is 30.3 Å². The first-order valence-corrected chi connectivity index (χ1v) is 7.13. The Kier molecular flexibility index (Phi) is 3.54. The Morgan fingerprint density at radius 1 is 1.18 bits per heavy atom. The molecule has 2 aromatic carbocycles. The summed E-state index contributed by atoms with van der Waals surface area (Å²) in [5, 5.41) is 0.698. The first-order valence-electron chi connectivity index (χ1n) is 6.75. The second-order valence-corrected chi connectivity index (χ2v) is 5.51. The van der Waals surface area contributed by atoms with Crippen molar-refractivity contribution in [2.24, 2.45) is 7.05 Å². The second kappa shape index (κ2) is 5.39. The fourth-order valence-corrected chi connectivity index (χ4v) is 2.67. The van der Waals surface area contributed by atoms with Crippen molar-refractivity contribution in [3.63, 3.8) is 0 Å².